The Morgan fingerprint density at radius 1 is 0.933 bits per heavy atom. The van der Waals surface area contributed by atoms with Gasteiger partial charge in [-0.3, -0.25) is 14.5 Å². The molecule has 0 spiro atoms. The molecule has 0 aliphatic carbocycles. The van der Waals surface area contributed by atoms with Crippen LogP contribution in [0.15, 0.2) is 67.0 Å². The fraction of sp³-hybridized carbons (Fsp3) is 0.227. The maximum absolute atomic E-state index is 12.5. The van der Waals surface area contributed by atoms with E-state index >= 15 is 0 Å². The van der Waals surface area contributed by atoms with Crippen molar-refractivity contribution in [2.75, 3.05) is 43.5 Å². The zero-order chi connectivity index (χ0) is 20.8. The summed E-state index contributed by atoms with van der Waals surface area (Å²) in [4.78, 5) is 26.7. The lowest BCUT2D eigenvalue weighted by Crippen LogP contribution is -2.41. The van der Waals surface area contributed by atoms with Gasteiger partial charge in [-0.25, -0.2) is 4.68 Å². The zero-order valence-corrected chi connectivity index (χ0v) is 16.5. The highest BCUT2D eigenvalue weighted by molar-refractivity contribution is 6.04. The van der Waals surface area contributed by atoms with Crippen LogP contribution in [0, 0.1) is 0 Å². The van der Waals surface area contributed by atoms with E-state index in [1.54, 1.807) is 47.3 Å². The summed E-state index contributed by atoms with van der Waals surface area (Å²) in [5.41, 5.74) is 2.78. The van der Waals surface area contributed by atoms with Gasteiger partial charge in [0.1, 0.15) is 0 Å². The Bertz CT molecular complexity index is 979. The average Bonchev–Trinajstić information content (AvgIpc) is 3.31. The van der Waals surface area contributed by atoms with E-state index in [1.165, 1.54) is 0 Å². The molecule has 154 valence electrons. The second-order valence-corrected chi connectivity index (χ2v) is 6.97. The zero-order valence-electron chi connectivity index (χ0n) is 16.5. The molecule has 0 bridgehead atoms. The number of amides is 2. The summed E-state index contributed by atoms with van der Waals surface area (Å²) in [6.45, 7) is 3.19. The van der Waals surface area contributed by atoms with Crippen LogP contribution in [0.3, 0.4) is 0 Å². The molecule has 2 amide bonds. The molecule has 0 atom stereocenters. The molecular weight excluding hydrogens is 382 g/mol. The standard InChI is InChI=1S/C22H23N5O3/c28-21(16-26-12-14-30-15-13-26)24-18-4-6-19(7-5-18)25-22(29)17-2-8-20(9-3-17)27-11-1-10-23-27/h1-11H,12-16H2,(H,24,28)(H,25,29). The maximum atomic E-state index is 12.5. The number of nitrogens with one attached hydrogen (secondary N) is 2. The minimum absolute atomic E-state index is 0.0639. The fourth-order valence-corrected chi connectivity index (χ4v) is 3.19. The van der Waals surface area contributed by atoms with Gasteiger partial charge >= 0.3 is 0 Å². The molecular formula is C22H23N5O3. The number of ether oxygens (including phenoxy) is 1. The van der Waals surface area contributed by atoms with Crippen molar-refractivity contribution in [1.29, 1.82) is 0 Å². The molecule has 1 saturated heterocycles. The van der Waals surface area contributed by atoms with Gasteiger partial charge in [-0.15, -0.1) is 0 Å². The molecule has 0 unspecified atom stereocenters. The molecule has 2 N–H and O–H groups in total. The highest BCUT2D eigenvalue weighted by Gasteiger charge is 2.14. The number of hydrogen-bond acceptors (Lipinski definition) is 5. The Morgan fingerprint density at radius 3 is 2.23 bits per heavy atom. The summed E-state index contributed by atoms with van der Waals surface area (Å²) in [6, 6.07) is 16.1. The summed E-state index contributed by atoms with van der Waals surface area (Å²) in [5.74, 6) is -0.267. The van der Waals surface area contributed by atoms with Crippen molar-refractivity contribution in [3.63, 3.8) is 0 Å². The van der Waals surface area contributed by atoms with Crippen molar-refractivity contribution in [1.82, 2.24) is 14.7 Å². The normalized spacial score (nSPS) is 14.3. The van der Waals surface area contributed by atoms with E-state index in [-0.39, 0.29) is 11.8 Å². The number of hydrogen-bond donors (Lipinski definition) is 2. The Kier molecular flexibility index (Phi) is 6.17. The summed E-state index contributed by atoms with van der Waals surface area (Å²) < 4.78 is 7.02. The topological polar surface area (TPSA) is 88.5 Å². The third-order valence-corrected chi connectivity index (χ3v) is 4.80. The van der Waals surface area contributed by atoms with Gasteiger partial charge in [-0.2, -0.15) is 5.10 Å². The number of benzene rings is 2. The van der Waals surface area contributed by atoms with Gasteiger partial charge in [0.25, 0.3) is 5.91 Å². The molecule has 1 aromatic heterocycles. The molecule has 4 rings (SSSR count). The highest BCUT2D eigenvalue weighted by Crippen LogP contribution is 2.16. The van der Waals surface area contributed by atoms with Gasteiger partial charge < -0.3 is 15.4 Å². The SMILES string of the molecule is O=C(CN1CCOCC1)Nc1ccc(NC(=O)c2ccc(-n3cccn3)cc2)cc1. The van der Waals surface area contributed by atoms with Crippen LogP contribution in [-0.2, 0) is 9.53 Å². The van der Waals surface area contributed by atoms with Gasteiger partial charge in [-0.05, 0) is 54.6 Å². The van der Waals surface area contributed by atoms with Crippen LogP contribution in [0.25, 0.3) is 5.69 Å². The summed E-state index contributed by atoms with van der Waals surface area (Å²) in [5, 5.41) is 9.91. The molecule has 2 aromatic carbocycles. The van der Waals surface area contributed by atoms with Crippen molar-refractivity contribution in [3.8, 4) is 5.69 Å². The van der Waals surface area contributed by atoms with E-state index in [9.17, 15) is 9.59 Å². The van der Waals surface area contributed by atoms with E-state index in [4.69, 9.17) is 4.74 Å². The number of morpholine rings is 1. The number of carbonyl (C=O) groups is 2. The number of aromatic nitrogens is 2. The Labute approximate surface area is 174 Å². The van der Waals surface area contributed by atoms with E-state index in [0.29, 0.717) is 36.7 Å². The molecule has 8 heteroatoms. The van der Waals surface area contributed by atoms with Crippen LogP contribution in [0.2, 0.25) is 0 Å². The summed E-state index contributed by atoms with van der Waals surface area (Å²) >= 11 is 0. The van der Waals surface area contributed by atoms with Crippen LogP contribution >= 0.6 is 0 Å². The lowest BCUT2D eigenvalue weighted by Gasteiger charge is -2.25. The molecule has 3 aromatic rings. The fourth-order valence-electron chi connectivity index (χ4n) is 3.19. The molecule has 1 fully saturated rings. The largest absolute Gasteiger partial charge is 0.379 e. The Morgan fingerprint density at radius 2 is 1.60 bits per heavy atom. The van der Waals surface area contributed by atoms with E-state index < -0.39 is 0 Å². The first kappa shape index (κ1) is 19.8. The van der Waals surface area contributed by atoms with Crippen LogP contribution in [-0.4, -0.2) is 59.3 Å². The van der Waals surface area contributed by atoms with E-state index in [0.717, 1.165) is 18.8 Å². The number of nitrogens with zero attached hydrogens (tertiary/aromatic N) is 3. The van der Waals surface area contributed by atoms with Crippen molar-refractivity contribution >= 4 is 23.2 Å². The van der Waals surface area contributed by atoms with Crippen LogP contribution in [0.4, 0.5) is 11.4 Å². The highest BCUT2D eigenvalue weighted by atomic mass is 16.5. The molecule has 30 heavy (non-hydrogen) atoms. The van der Waals surface area contributed by atoms with Crippen molar-refractivity contribution < 1.29 is 14.3 Å². The molecule has 8 nitrogen and oxygen atoms in total. The van der Waals surface area contributed by atoms with Gasteiger partial charge in [0.15, 0.2) is 0 Å². The monoisotopic (exact) mass is 405 g/mol. The molecule has 2 heterocycles. The second kappa shape index (κ2) is 9.34. The average molecular weight is 405 g/mol. The molecule has 1 aliphatic heterocycles. The van der Waals surface area contributed by atoms with Crippen molar-refractivity contribution in [2.45, 2.75) is 0 Å². The Balaban J connectivity index is 1.30. The minimum Gasteiger partial charge on any atom is -0.379 e. The Hall–Kier alpha value is -3.49. The number of rotatable bonds is 6. The molecule has 0 saturated carbocycles. The first-order chi connectivity index (χ1) is 14.7. The van der Waals surface area contributed by atoms with Crippen LogP contribution in [0.5, 0.6) is 0 Å². The second-order valence-electron chi connectivity index (χ2n) is 6.97. The third-order valence-electron chi connectivity index (χ3n) is 4.80. The van der Waals surface area contributed by atoms with Crippen molar-refractivity contribution in [2.24, 2.45) is 0 Å². The third kappa shape index (κ3) is 5.11. The lowest BCUT2D eigenvalue weighted by molar-refractivity contribution is -0.118. The van der Waals surface area contributed by atoms with Crippen LogP contribution in [0.1, 0.15) is 10.4 Å². The number of anilines is 2. The first-order valence-electron chi connectivity index (χ1n) is 9.79. The van der Waals surface area contributed by atoms with Gasteiger partial charge in [-0.1, -0.05) is 0 Å². The maximum Gasteiger partial charge on any atom is 0.255 e. The molecule has 1 aliphatic rings. The minimum atomic E-state index is -0.203. The smallest absolute Gasteiger partial charge is 0.255 e. The van der Waals surface area contributed by atoms with Gasteiger partial charge in [0.2, 0.25) is 5.91 Å². The van der Waals surface area contributed by atoms with Crippen LogP contribution < -0.4 is 10.6 Å². The van der Waals surface area contributed by atoms with Crippen molar-refractivity contribution in [3.05, 3.63) is 72.6 Å². The van der Waals surface area contributed by atoms with E-state index in [2.05, 4.69) is 20.6 Å². The van der Waals surface area contributed by atoms with Gasteiger partial charge in [0, 0.05) is 42.4 Å². The predicted octanol–water partition coefficient (Wildman–Crippen LogP) is 2.40. The lowest BCUT2D eigenvalue weighted by atomic mass is 10.2. The first-order valence-corrected chi connectivity index (χ1v) is 9.79. The quantitative estimate of drug-likeness (QED) is 0.658. The summed E-state index contributed by atoms with van der Waals surface area (Å²) in [7, 11) is 0. The molecule has 0 radical (unpaired) electrons. The summed E-state index contributed by atoms with van der Waals surface area (Å²) in [6.07, 6.45) is 3.55. The van der Waals surface area contributed by atoms with E-state index in [1.807, 2.05) is 24.4 Å². The predicted molar refractivity (Wildman–Crippen MR) is 114 cm³/mol. The van der Waals surface area contributed by atoms with Gasteiger partial charge in [0.05, 0.1) is 25.4 Å². The number of carbonyl (C=O) groups excluding carboxylic acids is 2.